The predicted octanol–water partition coefficient (Wildman–Crippen LogP) is 2.27. The topological polar surface area (TPSA) is 120 Å². The Morgan fingerprint density at radius 1 is 1.09 bits per heavy atom. The lowest BCUT2D eigenvalue weighted by atomic mass is 10.1. The van der Waals surface area contributed by atoms with Gasteiger partial charge in [0, 0.05) is 36.3 Å². The van der Waals surface area contributed by atoms with Crippen LogP contribution in [0.1, 0.15) is 18.9 Å². The molecule has 0 radical (unpaired) electrons. The number of hydrogen-bond donors (Lipinski definition) is 3. The van der Waals surface area contributed by atoms with Gasteiger partial charge in [0.2, 0.25) is 5.91 Å². The summed E-state index contributed by atoms with van der Waals surface area (Å²) in [7, 11) is -3.79. The lowest BCUT2D eigenvalue weighted by Gasteiger charge is -2.25. The first-order valence-electron chi connectivity index (χ1n) is 9.66. The first kappa shape index (κ1) is 23.6. The molecule has 3 rings (SSSR count). The van der Waals surface area contributed by atoms with Gasteiger partial charge in [0.1, 0.15) is 0 Å². The number of carbonyl (C=O) groups excluding carboxylic acids is 2. The molecule has 32 heavy (non-hydrogen) atoms. The van der Waals surface area contributed by atoms with Crippen LogP contribution in [0.2, 0.25) is 5.02 Å². The van der Waals surface area contributed by atoms with Gasteiger partial charge in [-0.3, -0.25) is 9.59 Å². The van der Waals surface area contributed by atoms with E-state index in [2.05, 4.69) is 20.7 Å². The second kappa shape index (κ2) is 10.5. The molecule has 0 aliphatic carbocycles. The van der Waals surface area contributed by atoms with Gasteiger partial charge in [-0.15, -0.1) is 4.83 Å². The van der Waals surface area contributed by atoms with Crippen LogP contribution in [-0.4, -0.2) is 44.5 Å². The molecule has 1 aliphatic rings. The lowest BCUT2D eigenvalue weighted by Crippen LogP contribution is -2.45. The Hall–Kier alpha value is -3.05. The number of anilines is 1. The highest BCUT2D eigenvalue weighted by atomic mass is 35.5. The van der Waals surface area contributed by atoms with E-state index in [-0.39, 0.29) is 23.3 Å². The zero-order valence-electron chi connectivity index (χ0n) is 17.2. The van der Waals surface area contributed by atoms with Gasteiger partial charge in [0.25, 0.3) is 15.9 Å². The van der Waals surface area contributed by atoms with Crippen LogP contribution in [0, 0.1) is 0 Å². The summed E-state index contributed by atoms with van der Waals surface area (Å²) in [4.78, 5) is 25.9. The SMILES string of the molecule is CC(=O)Nc1ccc(S(=O)(=O)NN2CC=C(C(=O)N/N=C/c3ccc(Cl)cc3)CC2)cc1. The van der Waals surface area contributed by atoms with Gasteiger partial charge in [-0.25, -0.2) is 18.9 Å². The molecular formula is C21H22ClN5O4S. The molecule has 0 saturated carbocycles. The molecule has 2 aromatic rings. The molecule has 3 N–H and O–H groups in total. The molecule has 1 aliphatic heterocycles. The Labute approximate surface area is 191 Å². The second-order valence-electron chi connectivity index (χ2n) is 6.98. The predicted molar refractivity (Wildman–Crippen MR) is 123 cm³/mol. The fourth-order valence-corrected chi connectivity index (χ4v) is 4.12. The van der Waals surface area contributed by atoms with Crippen LogP contribution in [0.25, 0.3) is 0 Å². The smallest absolute Gasteiger partial charge is 0.267 e. The first-order valence-corrected chi connectivity index (χ1v) is 11.5. The van der Waals surface area contributed by atoms with E-state index < -0.39 is 10.0 Å². The summed E-state index contributed by atoms with van der Waals surface area (Å²) < 4.78 is 25.2. The monoisotopic (exact) mass is 475 g/mol. The van der Waals surface area contributed by atoms with Crippen LogP contribution in [0.3, 0.4) is 0 Å². The molecule has 11 heteroatoms. The molecule has 0 atom stereocenters. The van der Waals surface area contributed by atoms with E-state index in [0.29, 0.717) is 29.2 Å². The number of benzene rings is 2. The molecule has 0 bridgehead atoms. The molecule has 2 aromatic carbocycles. The largest absolute Gasteiger partial charge is 0.326 e. The number of hydrazine groups is 1. The van der Waals surface area contributed by atoms with Crippen molar-refractivity contribution in [1.29, 1.82) is 0 Å². The summed E-state index contributed by atoms with van der Waals surface area (Å²) in [6, 6.07) is 12.8. The quantitative estimate of drug-likeness (QED) is 0.419. The summed E-state index contributed by atoms with van der Waals surface area (Å²) in [5.74, 6) is -0.583. The number of rotatable bonds is 7. The summed E-state index contributed by atoms with van der Waals surface area (Å²) in [5, 5.41) is 8.63. The standard InChI is InChI=1S/C21H22ClN5O4S/c1-15(28)24-19-6-8-20(9-7-19)32(30,31)26-27-12-10-17(11-13-27)21(29)25-23-14-16-2-4-18(22)5-3-16/h2-10,14,26H,11-13H2,1H3,(H,24,28)(H,25,29)/b23-14+. The highest BCUT2D eigenvalue weighted by Gasteiger charge is 2.22. The van der Waals surface area contributed by atoms with Gasteiger partial charge in [-0.2, -0.15) is 5.10 Å². The lowest BCUT2D eigenvalue weighted by molar-refractivity contribution is -0.117. The van der Waals surface area contributed by atoms with E-state index in [9.17, 15) is 18.0 Å². The van der Waals surface area contributed by atoms with Crippen molar-refractivity contribution in [2.75, 3.05) is 18.4 Å². The van der Waals surface area contributed by atoms with Crippen LogP contribution in [0.4, 0.5) is 5.69 Å². The minimum absolute atomic E-state index is 0.0654. The van der Waals surface area contributed by atoms with Crippen molar-refractivity contribution in [3.63, 3.8) is 0 Å². The minimum atomic E-state index is -3.79. The molecule has 168 valence electrons. The summed E-state index contributed by atoms with van der Waals surface area (Å²) in [6.07, 6.45) is 3.51. The average Bonchev–Trinajstić information content (AvgIpc) is 2.75. The van der Waals surface area contributed by atoms with Crippen molar-refractivity contribution in [1.82, 2.24) is 15.3 Å². The number of carbonyl (C=O) groups is 2. The van der Waals surface area contributed by atoms with Crippen molar-refractivity contribution >= 4 is 45.3 Å². The second-order valence-corrected chi connectivity index (χ2v) is 9.07. The zero-order chi connectivity index (χ0) is 23.1. The number of nitrogens with zero attached hydrogens (tertiary/aromatic N) is 2. The molecule has 0 aromatic heterocycles. The molecule has 0 saturated heterocycles. The maximum atomic E-state index is 12.6. The van der Waals surface area contributed by atoms with E-state index in [4.69, 9.17) is 11.6 Å². The summed E-state index contributed by atoms with van der Waals surface area (Å²) >= 11 is 5.82. The van der Waals surface area contributed by atoms with E-state index in [1.165, 1.54) is 42.4 Å². The average molecular weight is 476 g/mol. The van der Waals surface area contributed by atoms with Gasteiger partial charge < -0.3 is 5.32 Å². The summed E-state index contributed by atoms with van der Waals surface area (Å²) in [5.41, 5.74) is 4.28. The molecule has 2 amide bonds. The maximum Gasteiger partial charge on any atom is 0.267 e. The van der Waals surface area contributed by atoms with Crippen molar-refractivity contribution in [3.8, 4) is 0 Å². The Morgan fingerprint density at radius 2 is 1.78 bits per heavy atom. The maximum absolute atomic E-state index is 12.6. The van der Waals surface area contributed by atoms with Crippen molar-refractivity contribution in [2.45, 2.75) is 18.2 Å². The summed E-state index contributed by atoms with van der Waals surface area (Å²) in [6.45, 7) is 1.92. The third kappa shape index (κ3) is 6.72. The molecular weight excluding hydrogens is 454 g/mol. The molecule has 0 fully saturated rings. The highest BCUT2D eigenvalue weighted by molar-refractivity contribution is 7.89. The number of nitrogens with one attached hydrogen (secondary N) is 3. The number of hydrogen-bond acceptors (Lipinski definition) is 6. The molecule has 0 unspecified atom stereocenters. The van der Waals surface area contributed by atoms with E-state index in [1.807, 2.05) is 0 Å². The number of sulfonamides is 1. The van der Waals surface area contributed by atoms with Crippen LogP contribution >= 0.6 is 11.6 Å². The van der Waals surface area contributed by atoms with E-state index in [1.54, 1.807) is 30.3 Å². The Kier molecular flexibility index (Phi) is 7.75. The molecule has 1 heterocycles. The highest BCUT2D eigenvalue weighted by Crippen LogP contribution is 2.16. The fraction of sp³-hybridized carbons (Fsp3) is 0.190. The van der Waals surface area contributed by atoms with E-state index in [0.717, 1.165) is 5.56 Å². The van der Waals surface area contributed by atoms with E-state index >= 15 is 0 Å². The normalized spacial score (nSPS) is 14.8. The van der Waals surface area contributed by atoms with Crippen molar-refractivity contribution in [2.24, 2.45) is 5.10 Å². The minimum Gasteiger partial charge on any atom is -0.326 e. The van der Waals surface area contributed by atoms with Gasteiger partial charge in [0.05, 0.1) is 11.1 Å². The number of amides is 2. The third-order valence-electron chi connectivity index (χ3n) is 4.48. The number of halogens is 1. The zero-order valence-corrected chi connectivity index (χ0v) is 18.8. The van der Waals surface area contributed by atoms with Crippen LogP contribution in [0.5, 0.6) is 0 Å². The van der Waals surface area contributed by atoms with Crippen LogP contribution in [-0.2, 0) is 19.6 Å². The Morgan fingerprint density at radius 3 is 2.38 bits per heavy atom. The van der Waals surface area contributed by atoms with Gasteiger partial charge in [0.15, 0.2) is 0 Å². The van der Waals surface area contributed by atoms with Crippen molar-refractivity contribution in [3.05, 3.63) is 70.8 Å². The van der Waals surface area contributed by atoms with Gasteiger partial charge in [-0.05, 0) is 48.4 Å². The molecule has 0 spiro atoms. The van der Waals surface area contributed by atoms with Gasteiger partial charge in [-0.1, -0.05) is 29.8 Å². The van der Waals surface area contributed by atoms with Crippen molar-refractivity contribution < 1.29 is 18.0 Å². The van der Waals surface area contributed by atoms with Crippen LogP contribution in [0.15, 0.2) is 70.2 Å². The Balaban J connectivity index is 1.53. The van der Waals surface area contributed by atoms with Gasteiger partial charge >= 0.3 is 0 Å². The fourth-order valence-electron chi connectivity index (χ4n) is 2.89. The first-order chi connectivity index (χ1) is 15.2. The number of hydrazone groups is 1. The Bertz CT molecular complexity index is 1150. The molecule has 9 nitrogen and oxygen atoms in total. The van der Waals surface area contributed by atoms with Crippen LogP contribution < -0.4 is 15.6 Å². The third-order valence-corrected chi connectivity index (χ3v) is 6.13.